The van der Waals surface area contributed by atoms with Crippen molar-refractivity contribution in [3.05, 3.63) is 15.6 Å². The maximum absolute atomic E-state index is 12.4. The van der Waals surface area contributed by atoms with Crippen molar-refractivity contribution in [2.75, 3.05) is 46.3 Å². The Kier molecular flexibility index (Phi) is 4.99. The van der Waals surface area contributed by atoms with E-state index in [9.17, 15) is 9.59 Å². The molecule has 1 aliphatic carbocycles. The minimum absolute atomic E-state index is 0.0250. The van der Waals surface area contributed by atoms with Gasteiger partial charge >= 0.3 is 0 Å². The van der Waals surface area contributed by atoms with Gasteiger partial charge in [0, 0.05) is 32.7 Å². The molecule has 0 saturated carbocycles. The van der Waals surface area contributed by atoms with Crippen molar-refractivity contribution < 1.29 is 9.59 Å². The van der Waals surface area contributed by atoms with Crippen molar-refractivity contribution in [1.29, 1.82) is 0 Å². The fourth-order valence-corrected chi connectivity index (χ4v) is 3.78. The molecule has 1 aromatic heterocycles. The highest BCUT2D eigenvalue weighted by Gasteiger charge is 2.32. The number of likely N-dealkylation sites (N-methyl/N-ethyl adjacent to an activating group) is 1. The highest BCUT2D eigenvalue weighted by molar-refractivity contribution is 7.14. The van der Waals surface area contributed by atoms with Gasteiger partial charge in [0.15, 0.2) is 5.78 Å². The van der Waals surface area contributed by atoms with Crippen LogP contribution in [0.3, 0.4) is 0 Å². The standard InChI is InChI=1S/C16H22N4O2S/c1-11-18-14-15(22)12(10-13(21)16(14)23-11)17-4-3-5-20-8-6-19(2)7-9-20/h3-10H2,1-2H3. The predicted octanol–water partition coefficient (Wildman–Crippen LogP) is 1.30. The lowest BCUT2D eigenvalue weighted by Crippen LogP contribution is -2.44. The number of carbonyl (C=O) groups excluding carboxylic acids is 2. The molecule has 0 N–H and O–H groups in total. The topological polar surface area (TPSA) is 65.9 Å². The number of carbonyl (C=O) groups is 2. The van der Waals surface area contributed by atoms with Crippen molar-refractivity contribution >= 4 is 28.6 Å². The lowest BCUT2D eigenvalue weighted by molar-refractivity contribution is 0.0966. The third-order valence-electron chi connectivity index (χ3n) is 4.32. The van der Waals surface area contributed by atoms with Crippen molar-refractivity contribution in [2.45, 2.75) is 19.8 Å². The van der Waals surface area contributed by atoms with Crippen LogP contribution in [0.5, 0.6) is 0 Å². The number of aromatic nitrogens is 1. The monoisotopic (exact) mass is 334 g/mol. The van der Waals surface area contributed by atoms with Crippen LogP contribution in [-0.2, 0) is 0 Å². The van der Waals surface area contributed by atoms with Gasteiger partial charge in [0.2, 0.25) is 5.78 Å². The molecule has 1 aromatic rings. The summed E-state index contributed by atoms with van der Waals surface area (Å²) in [6, 6.07) is 0. The molecular formula is C16H22N4O2S. The number of ketones is 2. The third-order valence-corrected chi connectivity index (χ3v) is 5.34. The fourth-order valence-electron chi connectivity index (χ4n) is 2.93. The Morgan fingerprint density at radius 3 is 2.70 bits per heavy atom. The molecule has 1 saturated heterocycles. The lowest BCUT2D eigenvalue weighted by Gasteiger charge is -2.32. The van der Waals surface area contributed by atoms with Gasteiger partial charge in [0.1, 0.15) is 10.6 Å². The van der Waals surface area contributed by atoms with Crippen LogP contribution in [0.15, 0.2) is 4.99 Å². The number of aryl methyl sites for hydroxylation is 1. The van der Waals surface area contributed by atoms with Gasteiger partial charge in [-0.05, 0) is 26.9 Å². The van der Waals surface area contributed by atoms with E-state index in [1.165, 1.54) is 11.3 Å². The number of Topliss-reactive ketones (excluding diaryl/α,β-unsaturated/α-hetero) is 2. The number of thiazole rings is 1. The van der Waals surface area contributed by atoms with E-state index in [1.54, 1.807) is 0 Å². The first-order valence-electron chi connectivity index (χ1n) is 8.04. The molecule has 1 fully saturated rings. The van der Waals surface area contributed by atoms with Crippen molar-refractivity contribution in [3.63, 3.8) is 0 Å². The number of aliphatic imine (C=N–C) groups is 1. The first-order valence-corrected chi connectivity index (χ1v) is 8.86. The molecular weight excluding hydrogens is 312 g/mol. The summed E-state index contributed by atoms with van der Waals surface area (Å²) in [5.74, 6) is -0.188. The summed E-state index contributed by atoms with van der Waals surface area (Å²) < 4.78 is 0. The Morgan fingerprint density at radius 2 is 1.96 bits per heavy atom. The number of nitrogens with zero attached hydrogens (tertiary/aromatic N) is 4. The van der Waals surface area contributed by atoms with Gasteiger partial charge in [-0.3, -0.25) is 14.6 Å². The van der Waals surface area contributed by atoms with Gasteiger partial charge in [-0.25, -0.2) is 4.98 Å². The molecule has 2 heterocycles. The smallest absolute Gasteiger partial charge is 0.227 e. The SMILES string of the molecule is Cc1nc2c(s1)C(=O)CC(=NCCCN1CCN(C)CC1)C2=O. The second-order valence-electron chi connectivity index (χ2n) is 6.17. The van der Waals surface area contributed by atoms with Gasteiger partial charge in [0.25, 0.3) is 0 Å². The first-order chi connectivity index (χ1) is 11.0. The predicted molar refractivity (Wildman–Crippen MR) is 91.0 cm³/mol. The summed E-state index contributed by atoms with van der Waals surface area (Å²) in [6.07, 6.45) is 1.04. The van der Waals surface area contributed by atoms with Gasteiger partial charge in [-0.15, -0.1) is 11.3 Å². The van der Waals surface area contributed by atoms with E-state index in [0.717, 1.165) is 44.2 Å². The lowest BCUT2D eigenvalue weighted by atomic mass is 9.98. The first kappa shape index (κ1) is 16.4. The van der Waals surface area contributed by atoms with E-state index < -0.39 is 0 Å². The molecule has 0 unspecified atom stereocenters. The van der Waals surface area contributed by atoms with Gasteiger partial charge in [-0.1, -0.05) is 0 Å². The summed E-state index contributed by atoms with van der Waals surface area (Å²) in [4.78, 5) is 38.3. The Hall–Kier alpha value is -1.44. The molecule has 0 atom stereocenters. The van der Waals surface area contributed by atoms with Crippen LogP contribution in [-0.4, -0.2) is 78.4 Å². The van der Waals surface area contributed by atoms with Gasteiger partial charge in [0.05, 0.1) is 17.1 Å². The molecule has 1 aliphatic heterocycles. The highest BCUT2D eigenvalue weighted by Crippen LogP contribution is 2.25. The van der Waals surface area contributed by atoms with Crippen LogP contribution in [0.25, 0.3) is 0 Å². The third kappa shape index (κ3) is 3.73. The van der Waals surface area contributed by atoms with E-state index in [-0.39, 0.29) is 18.0 Å². The molecule has 23 heavy (non-hydrogen) atoms. The normalized spacial score (nSPS) is 21.9. The molecule has 0 radical (unpaired) electrons. The van der Waals surface area contributed by atoms with Crippen LogP contribution in [0.4, 0.5) is 0 Å². The molecule has 3 rings (SSSR count). The number of hydrogen-bond acceptors (Lipinski definition) is 7. The maximum Gasteiger partial charge on any atom is 0.227 e. The minimum Gasteiger partial charge on any atom is -0.304 e. The summed E-state index contributed by atoms with van der Waals surface area (Å²) in [5, 5.41) is 0.757. The van der Waals surface area contributed by atoms with E-state index in [0.29, 0.717) is 22.8 Å². The summed E-state index contributed by atoms with van der Waals surface area (Å²) in [5.41, 5.74) is 0.688. The fraction of sp³-hybridized carbons (Fsp3) is 0.625. The van der Waals surface area contributed by atoms with E-state index in [2.05, 4.69) is 26.8 Å². The Balaban J connectivity index is 1.54. The summed E-state index contributed by atoms with van der Waals surface area (Å²) in [6.45, 7) is 7.79. The number of fused-ring (bicyclic) bond motifs is 1. The largest absolute Gasteiger partial charge is 0.304 e. The molecule has 0 amide bonds. The van der Waals surface area contributed by atoms with Crippen LogP contribution in [0, 0.1) is 6.92 Å². The summed E-state index contributed by atoms with van der Waals surface area (Å²) in [7, 11) is 2.14. The Morgan fingerprint density at radius 1 is 1.22 bits per heavy atom. The zero-order chi connectivity index (χ0) is 16.4. The second-order valence-corrected chi connectivity index (χ2v) is 7.37. The van der Waals surface area contributed by atoms with Crippen LogP contribution in [0.2, 0.25) is 0 Å². The Bertz CT molecular complexity index is 645. The molecule has 2 aliphatic rings. The second kappa shape index (κ2) is 6.98. The molecule has 124 valence electrons. The molecule has 0 aromatic carbocycles. The molecule has 0 bridgehead atoms. The van der Waals surface area contributed by atoms with E-state index >= 15 is 0 Å². The van der Waals surface area contributed by atoms with E-state index in [4.69, 9.17) is 0 Å². The van der Waals surface area contributed by atoms with Crippen molar-refractivity contribution in [2.24, 2.45) is 4.99 Å². The quantitative estimate of drug-likeness (QED) is 0.777. The molecule has 7 heteroatoms. The van der Waals surface area contributed by atoms with E-state index in [1.807, 2.05) is 6.92 Å². The van der Waals surface area contributed by atoms with Crippen LogP contribution < -0.4 is 0 Å². The highest BCUT2D eigenvalue weighted by atomic mass is 32.1. The van der Waals surface area contributed by atoms with Crippen molar-refractivity contribution in [3.8, 4) is 0 Å². The number of rotatable bonds is 4. The van der Waals surface area contributed by atoms with Gasteiger partial charge < -0.3 is 9.80 Å². The van der Waals surface area contributed by atoms with Crippen molar-refractivity contribution in [1.82, 2.24) is 14.8 Å². The Labute approximate surface area is 140 Å². The number of piperazine rings is 1. The van der Waals surface area contributed by atoms with Crippen LogP contribution >= 0.6 is 11.3 Å². The zero-order valence-corrected chi connectivity index (χ0v) is 14.5. The zero-order valence-electron chi connectivity index (χ0n) is 13.7. The average Bonchev–Trinajstić information content (AvgIpc) is 2.93. The van der Waals surface area contributed by atoms with Gasteiger partial charge in [-0.2, -0.15) is 0 Å². The molecule has 6 nitrogen and oxygen atoms in total. The average molecular weight is 334 g/mol. The minimum atomic E-state index is -0.163. The molecule has 0 spiro atoms. The maximum atomic E-state index is 12.4. The van der Waals surface area contributed by atoms with Crippen LogP contribution in [0.1, 0.15) is 38.0 Å². The number of hydrogen-bond donors (Lipinski definition) is 0. The summed E-state index contributed by atoms with van der Waals surface area (Å²) >= 11 is 1.30.